The number of aliphatic hydroxyl groups excluding tert-OH is 1. The molecule has 5 nitrogen and oxygen atoms in total. The molecule has 1 aliphatic carbocycles. The lowest BCUT2D eigenvalue weighted by atomic mass is 10.1. The normalized spacial score (nSPS) is 19.4. The summed E-state index contributed by atoms with van der Waals surface area (Å²) in [4.78, 5) is 12.4. The topological polar surface area (TPSA) is 67.2 Å². The lowest BCUT2D eigenvalue weighted by molar-refractivity contribution is -0.120. The predicted octanol–water partition coefficient (Wildman–Crippen LogP) is 2.22. The Morgan fingerprint density at radius 2 is 2.04 bits per heavy atom. The van der Waals surface area contributed by atoms with Crippen molar-refractivity contribution in [1.82, 2.24) is 15.1 Å². The maximum absolute atomic E-state index is 13.1. The van der Waals surface area contributed by atoms with E-state index >= 15 is 0 Å². The van der Waals surface area contributed by atoms with Gasteiger partial charge in [0.2, 0.25) is 5.91 Å². The summed E-state index contributed by atoms with van der Waals surface area (Å²) < 4.78 is 14.8. The molecule has 132 valence electrons. The number of aryl methyl sites for hydroxylation is 1. The molecule has 6 heteroatoms. The zero-order valence-corrected chi connectivity index (χ0v) is 14.4. The van der Waals surface area contributed by atoms with Crippen LogP contribution in [0.4, 0.5) is 4.39 Å². The zero-order chi connectivity index (χ0) is 18.0. The molecule has 1 amide bonds. The second-order valence-electron chi connectivity index (χ2n) is 6.45. The molecule has 0 aliphatic heterocycles. The molecule has 0 saturated heterocycles. The molecule has 1 aliphatic rings. The van der Waals surface area contributed by atoms with Gasteiger partial charge in [-0.1, -0.05) is 12.2 Å². The predicted molar refractivity (Wildman–Crippen MR) is 93.0 cm³/mol. The summed E-state index contributed by atoms with van der Waals surface area (Å²) >= 11 is 0. The van der Waals surface area contributed by atoms with Crippen LogP contribution in [-0.2, 0) is 11.2 Å². The highest BCUT2D eigenvalue weighted by Gasteiger charge is 2.21. The molecule has 2 atom stereocenters. The zero-order valence-electron chi connectivity index (χ0n) is 14.4. The van der Waals surface area contributed by atoms with Crippen molar-refractivity contribution in [2.45, 2.75) is 32.7 Å². The van der Waals surface area contributed by atoms with Crippen LogP contribution in [0.2, 0.25) is 0 Å². The van der Waals surface area contributed by atoms with Gasteiger partial charge in [-0.25, -0.2) is 9.07 Å². The maximum Gasteiger partial charge on any atom is 0.225 e. The van der Waals surface area contributed by atoms with E-state index < -0.39 is 0 Å². The van der Waals surface area contributed by atoms with Gasteiger partial charge in [0.1, 0.15) is 5.82 Å². The first-order valence-electron chi connectivity index (χ1n) is 8.37. The van der Waals surface area contributed by atoms with Gasteiger partial charge in [0.25, 0.3) is 0 Å². The van der Waals surface area contributed by atoms with Crippen LogP contribution in [0.15, 0.2) is 36.4 Å². The molecule has 1 aromatic carbocycles. The highest BCUT2D eigenvalue weighted by atomic mass is 19.1. The number of aliphatic hydroxyl groups is 1. The highest BCUT2D eigenvalue weighted by molar-refractivity contribution is 5.79. The Hall–Kier alpha value is -2.47. The fourth-order valence-corrected chi connectivity index (χ4v) is 3.20. The monoisotopic (exact) mass is 343 g/mol. The molecule has 1 aromatic heterocycles. The summed E-state index contributed by atoms with van der Waals surface area (Å²) in [5.74, 6) is -0.247. The Bertz CT molecular complexity index is 796. The van der Waals surface area contributed by atoms with E-state index in [-0.39, 0.29) is 36.7 Å². The lowest BCUT2D eigenvalue weighted by Gasteiger charge is -2.13. The number of aromatic nitrogens is 2. The summed E-state index contributed by atoms with van der Waals surface area (Å²) in [5, 5.41) is 16.6. The molecule has 0 fully saturated rings. The van der Waals surface area contributed by atoms with Crippen LogP contribution >= 0.6 is 0 Å². The number of amides is 1. The fourth-order valence-electron chi connectivity index (χ4n) is 3.20. The Kier molecular flexibility index (Phi) is 4.99. The number of halogens is 1. The minimum atomic E-state index is -0.296. The Labute approximate surface area is 146 Å². The first-order chi connectivity index (χ1) is 12.0. The number of carbonyl (C=O) groups is 1. The first-order valence-corrected chi connectivity index (χ1v) is 8.37. The number of nitrogens with one attached hydrogen (secondary N) is 1. The van der Waals surface area contributed by atoms with Crippen molar-refractivity contribution < 1.29 is 14.3 Å². The minimum absolute atomic E-state index is 0.0302. The van der Waals surface area contributed by atoms with Gasteiger partial charge in [-0.05, 0) is 44.5 Å². The van der Waals surface area contributed by atoms with Gasteiger partial charge < -0.3 is 10.4 Å². The molecule has 0 saturated carbocycles. The number of hydrogen-bond acceptors (Lipinski definition) is 3. The number of rotatable bonds is 5. The van der Waals surface area contributed by atoms with Gasteiger partial charge in [0.15, 0.2) is 0 Å². The van der Waals surface area contributed by atoms with E-state index in [2.05, 4.69) is 10.4 Å². The lowest BCUT2D eigenvalue weighted by Crippen LogP contribution is -2.34. The van der Waals surface area contributed by atoms with E-state index in [9.17, 15) is 9.18 Å². The highest BCUT2D eigenvalue weighted by Crippen LogP contribution is 2.20. The molecule has 25 heavy (non-hydrogen) atoms. The van der Waals surface area contributed by atoms with Crippen LogP contribution in [-0.4, -0.2) is 33.4 Å². The third-order valence-corrected chi connectivity index (χ3v) is 4.60. The van der Waals surface area contributed by atoms with Gasteiger partial charge in [-0.3, -0.25) is 4.79 Å². The fraction of sp³-hybridized carbons (Fsp3) is 0.368. The average Bonchev–Trinajstić information content (AvgIpc) is 3.15. The Morgan fingerprint density at radius 3 is 2.68 bits per heavy atom. The van der Waals surface area contributed by atoms with Crippen LogP contribution in [0.25, 0.3) is 5.69 Å². The molecular weight excluding hydrogens is 321 g/mol. The van der Waals surface area contributed by atoms with Crippen molar-refractivity contribution in [1.29, 1.82) is 0 Å². The molecule has 0 radical (unpaired) electrons. The van der Waals surface area contributed by atoms with Crippen LogP contribution in [0, 0.1) is 25.6 Å². The van der Waals surface area contributed by atoms with Gasteiger partial charge in [-0.2, -0.15) is 5.10 Å². The summed E-state index contributed by atoms with van der Waals surface area (Å²) in [5.41, 5.74) is 3.29. The van der Waals surface area contributed by atoms with Crippen molar-refractivity contribution in [3.05, 3.63) is 59.2 Å². The number of nitrogens with zero attached hydrogens (tertiary/aromatic N) is 2. The maximum atomic E-state index is 13.1. The number of carbonyl (C=O) groups excluding carboxylic acids is 1. The van der Waals surface area contributed by atoms with Crippen molar-refractivity contribution in [3.8, 4) is 5.69 Å². The first kappa shape index (κ1) is 17.4. The molecule has 0 spiro atoms. The van der Waals surface area contributed by atoms with E-state index in [0.29, 0.717) is 0 Å². The minimum Gasteiger partial charge on any atom is -0.396 e. The summed E-state index contributed by atoms with van der Waals surface area (Å²) in [6.45, 7) is 3.88. The largest absolute Gasteiger partial charge is 0.396 e. The van der Waals surface area contributed by atoms with E-state index in [0.717, 1.165) is 29.1 Å². The molecule has 0 bridgehead atoms. The Balaban J connectivity index is 1.72. The molecular formula is C19H22FN3O2. The summed E-state index contributed by atoms with van der Waals surface area (Å²) in [6, 6.07) is 6.08. The van der Waals surface area contributed by atoms with Gasteiger partial charge >= 0.3 is 0 Å². The quantitative estimate of drug-likeness (QED) is 0.818. The molecule has 1 heterocycles. The number of hydrogen-bond donors (Lipinski definition) is 2. The summed E-state index contributed by atoms with van der Waals surface area (Å²) in [7, 11) is 0. The molecule has 3 rings (SSSR count). The van der Waals surface area contributed by atoms with Crippen molar-refractivity contribution in [2.24, 2.45) is 5.92 Å². The summed E-state index contributed by atoms with van der Waals surface area (Å²) in [6.07, 6.45) is 4.84. The smallest absolute Gasteiger partial charge is 0.225 e. The van der Waals surface area contributed by atoms with E-state index in [4.69, 9.17) is 5.11 Å². The number of benzene rings is 1. The molecule has 2 aromatic rings. The second-order valence-corrected chi connectivity index (χ2v) is 6.45. The van der Waals surface area contributed by atoms with Crippen LogP contribution in [0.5, 0.6) is 0 Å². The van der Waals surface area contributed by atoms with Crippen molar-refractivity contribution >= 4 is 5.91 Å². The van der Waals surface area contributed by atoms with Gasteiger partial charge in [-0.15, -0.1) is 0 Å². The van der Waals surface area contributed by atoms with Gasteiger partial charge in [0.05, 0.1) is 17.8 Å². The average molecular weight is 343 g/mol. The van der Waals surface area contributed by atoms with Crippen LogP contribution in [0.3, 0.4) is 0 Å². The third-order valence-electron chi connectivity index (χ3n) is 4.60. The Morgan fingerprint density at radius 1 is 1.32 bits per heavy atom. The van der Waals surface area contributed by atoms with Crippen molar-refractivity contribution in [3.63, 3.8) is 0 Å². The molecule has 2 N–H and O–H groups in total. The van der Waals surface area contributed by atoms with E-state index in [1.165, 1.54) is 12.1 Å². The van der Waals surface area contributed by atoms with E-state index in [1.54, 1.807) is 16.8 Å². The standard InChI is InChI=1S/C19H22FN3O2/c1-12-18(10-19(25)21-16-6-3-14(9-16)11-24)13(2)23(22-12)17-7-4-15(20)5-8-17/h3-8,14,16,24H,9-11H2,1-2H3,(H,21,25)/t14-,16+/m0/s1. The van der Waals surface area contributed by atoms with Gasteiger partial charge in [0, 0.05) is 29.8 Å². The van der Waals surface area contributed by atoms with E-state index in [1.807, 2.05) is 26.0 Å². The molecule has 0 unspecified atom stereocenters. The SMILES string of the molecule is Cc1nn(-c2ccc(F)cc2)c(C)c1CC(=O)N[C@@H]1C=C[C@H](CO)C1. The van der Waals surface area contributed by atoms with Crippen LogP contribution in [0.1, 0.15) is 23.4 Å². The second kappa shape index (κ2) is 7.19. The van der Waals surface area contributed by atoms with Crippen molar-refractivity contribution in [2.75, 3.05) is 6.61 Å². The third kappa shape index (κ3) is 3.79. The van der Waals surface area contributed by atoms with Crippen LogP contribution < -0.4 is 5.32 Å².